The van der Waals surface area contributed by atoms with Gasteiger partial charge in [0.15, 0.2) is 0 Å². The molecule has 0 saturated heterocycles. The summed E-state index contributed by atoms with van der Waals surface area (Å²) in [5, 5.41) is 12.9. The molecule has 0 saturated carbocycles. The van der Waals surface area contributed by atoms with E-state index in [2.05, 4.69) is 21.2 Å². The number of hydrogen-bond donors (Lipinski definition) is 1. The lowest BCUT2D eigenvalue weighted by Crippen LogP contribution is -2.13. The number of carbonyl (C=O) groups is 1. The van der Waals surface area contributed by atoms with Crippen LogP contribution in [-0.4, -0.2) is 5.91 Å². The average molecular weight is 466 g/mol. The van der Waals surface area contributed by atoms with Gasteiger partial charge in [-0.3, -0.25) is 4.79 Å². The maximum absolute atomic E-state index is 12.6. The Morgan fingerprint density at radius 2 is 1.83 bits per heavy atom. The minimum Gasteiger partial charge on any atom is -0.321 e. The number of amides is 1. The van der Waals surface area contributed by atoms with Crippen LogP contribution in [0.4, 0.5) is 5.69 Å². The van der Waals surface area contributed by atoms with Crippen molar-refractivity contribution < 1.29 is 4.79 Å². The predicted molar refractivity (Wildman–Crippen MR) is 122 cm³/mol. The average Bonchev–Trinajstić information content (AvgIpc) is 2.71. The molecular formula is C24H18BrClN2O. The third-order valence-corrected chi connectivity index (χ3v) is 5.43. The number of halogens is 2. The van der Waals surface area contributed by atoms with Crippen molar-refractivity contribution in [3.05, 3.63) is 104 Å². The van der Waals surface area contributed by atoms with Crippen LogP contribution < -0.4 is 5.32 Å². The van der Waals surface area contributed by atoms with Crippen LogP contribution >= 0.6 is 27.5 Å². The molecule has 0 radical (unpaired) electrons. The highest BCUT2D eigenvalue weighted by molar-refractivity contribution is 9.10. The fourth-order valence-corrected chi connectivity index (χ4v) is 3.45. The molecular weight excluding hydrogens is 448 g/mol. The molecule has 0 aliphatic carbocycles. The Hall–Kier alpha value is -2.87. The van der Waals surface area contributed by atoms with Gasteiger partial charge in [0.25, 0.3) is 5.91 Å². The quantitative estimate of drug-likeness (QED) is 0.343. The molecule has 0 aliphatic heterocycles. The molecule has 0 unspecified atom stereocenters. The highest BCUT2D eigenvalue weighted by atomic mass is 79.9. The van der Waals surface area contributed by atoms with Gasteiger partial charge in [0.05, 0.1) is 0 Å². The standard InChI is InChI=1S/C24H18BrClN2O/c1-16-6-10-22(11-7-16)28-24(29)20(15-27)13-19-14-21(26)9-8-17(19)12-18-4-2-3-5-23(18)25/h2-11,13-14H,12H2,1H3,(H,28,29)/b20-13+. The van der Waals surface area contributed by atoms with E-state index in [9.17, 15) is 10.1 Å². The summed E-state index contributed by atoms with van der Waals surface area (Å²) in [5.41, 5.74) is 4.56. The Bertz CT molecular complexity index is 1110. The summed E-state index contributed by atoms with van der Waals surface area (Å²) in [4.78, 5) is 12.6. The molecule has 5 heteroatoms. The second-order valence-electron chi connectivity index (χ2n) is 6.60. The van der Waals surface area contributed by atoms with Gasteiger partial charge >= 0.3 is 0 Å². The molecule has 3 aromatic carbocycles. The topological polar surface area (TPSA) is 52.9 Å². The van der Waals surface area contributed by atoms with E-state index in [4.69, 9.17) is 11.6 Å². The first-order chi connectivity index (χ1) is 14.0. The molecule has 0 heterocycles. The van der Waals surface area contributed by atoms with Gasteiger partial charge in [-0.15, -0.1) is 0 Å². The van der Waals surface area contributed by atoms with Crippen molar-refractivity contribution in [2.75, 3.05) is 5.32 Å². The van der Waals surface area contributed by atoms with E-state index in [1.54, 1.807) is 24.3 Å². The van der Waals surface area contributed by atoms with Crippen molar-refractivity contribution in [3.8, 4) is 6.07 Å². The lowest BCUT2D eigenvalue weighted by molar-refractivity contribution is -0.112. The normalized spacial score (nSPS) is 11.0. The third-order valence-electron chi connectivity index (χ3n) is 4.42. The first-order valence-corrected chi connectivity index (χ1v) is 10.1. The van der Waals surface area contributed by atoms with Crippen molar-refractivity contribution in [2.45, 2.75) is 13.3 Å². The molecule has 1 amide bonds. The van der Waals surface area contributed by atoms with Crippen molar-refractivity contribution in [1.29, 1.82) is 5.26 Å². The first-order valence-electron chi connectivity index (χ1n) is 8.98. The minimum atomic E-state index is -0.455. The Morgan fingerprint density at radius 1 is 1.10 bits per heavy atom. The van der Waals surface area contributed by atoms with E-state index in [1.165, 1.54) is 0 Å². The summed E-state index contributed by atoms with van der Waals surface area (Å²) in [7, 11) is 0. The fourth-order valence-electron chi connectivity index (χ4n) is 2.85. The second-order valence-corrected chi connectivity index (χ2v) is 7.89. The van der Waals surface area contributed by atoms with E-state index >= 15 is 0 Å². The SMILES string of the molecule is Cc1ccc(NC(=O)/C(C#N)=C/c2cc(Cl)ccc2Cc2ccccc2Br)cc1. The highest BCUT2D eigenvalue weighted by Gasteiger charge is 2.12. The Balaban J connectivity index is 1.91. The van der Waals surface area contributed by atoms with Gasteiger partial charge in [-0.1, -0.05) is 69.5 Å². The summed E-state index contributed by atoms with van der Waals surface area (Å²) in [6.45, 7) is 1.97. The van der Waals surface area contributed by atoms with Crippen LogP contribution in [0.15, 0.2) is 76.8 Å². The zero-order valence-corrected chi connectivity index (χ0v) is 18.1. The van der Waals surface area contributed by atoms with Gasteiger partial charge in [0.2, 0.25) is 0 Å². The molecule has 3 aromatic rings. The molecule has 0 bridgehead atoms. The summed E-state index contributed by atoms with van der Waals surface area (Å²) in [6.07, 6.45) is 2.23. The monoisotopic (exact) mass is 464 g/mol. The van der Waals surface area contributed by atoms with Crippen LogP contribution in [0.3, 0.4) is 0 Å². The van der Waals surface area contributed by atoms with E-state index < -0.39 is 5.91 Å². The fraction of sp³-hybridized carbons (Fsp3) is 0.0833. The zero-order valence-electron chi connectivity index (χ0n) is 15.7. The number of nitriles is 1. The van der Waals surface area contributed by atoms with Gasteiger partial charge in [0.1, 0.15) is 11.6 Å². The predicted octanol–water partition coefficient (Wildman–Crippen LogP) is 6.55. The number of nitrogens with zero attached hydrogens (tertiary/aromatic N) is 1. The van der Waals surface area contributed by atoms with Gasteiger partial charge in [-0.2, -0.15) is 5.26 Å². The summed E-state index contributed by atoms with van der Waals surface area (Å²) in [5.74, 6) is -0.455. The molecule has 0 atom stereocenters. The van der Waals surface area contributed by atoms with Crippen LogP contribution in [0, 0.1) is 18.3 Å². The maximum atomic E-state index is 12.6. The van der Waals surface area contributed by atoms with Gasteiger partial charge in [0, 0.05) is 15.2 Å². The molecule has 29 heavy (non-hydrogen) atoms. The number of rotatable bonds is 5. The number of aryl methyl sites for hydroxylation is 1. The molecule has 3 nitrogen and oxygen atoms in total. The lowest BCUT2D eigenvalue weighted by atomic mass is 9.98. The largest absolute Gasteiger partial charge is 0.321 e. The molecule has 0 aromatic heterocycles. The van der Waals surface area contributed by atoms with Gasteiger partial charge in [-0.25, -0.2) is 0 Å². The number of nitrogens with one attached hydrogen (secondary N) is 1. The molecule has 0 fully saturated rings. The number of carbonyl (C=O) groups excluding carboxylic acids is 1. The molecule has 1 N–H and O–H groups in total. The number of hydrogen-bond acceptors (Lipinski definition) is 2. The maximum Gasteiger partial charge on any atom is 0.266 e. The van der Waals surface area contributed by atoms with E-state index in [-0.39, 0.29) is 5.57 Å². The summed E-state index contributed by atoms with van der Waals surface area (Å²) >= 11 is 9.74. The molecule has 0 spiro atoms. The third kappa shape index (κ3) is 5.57. The zero-order chi connectivity index (χ0) is 20.8. The van der Waals surface area contributed by atoms with Gasteiger partial charge < -0.3 is 5.32 Å². The highest BCUT2D eigenvalue weighted by Crippen LogP contribution is 2.25. The van der Waals surface area contributed by atoms with E-state index in [1.807, 2.05) is 61.5 Å². The van der Waals surface area contributed by atoms with Crippen LogP contribution in [0.2, 0.25) is 5.02 Å². The minimum absolute atomic E-state index is 0.0150. The lowest BCUT2D eigenvalue weighted by Gasteiger charge is -2.10. The first kappa shape index (κ1) is 20.9. The summed E-state index contributed by atoms with van der Waals surface area (Å²) < 4.78 is 1.00. The Kier molecular flexibility index (Phi) is 6.87. The van der Waals surface area contributed by atoms with Crippen molar-refractivity contribution in [2.24, 2.45) is 0 Å². The molecule has 144 valence electrons. The van der Waals surface area contributed by atoms with Crippen LogP contribution in [-0.2, 0) is 11.2 Å². The Morgan fingerprint density at radius 3 is 2.52 bits per heavy atom. The van der Waals surface area contributed by atoms with Crippen LogP contribution in [0.5, 0.6) is 0 Å². The van der Waals surface area contributed by atoms with Crippen LogP contribution in [0.25, 0.3) is 6.08 Å². The Labute approximate surface area is 183 Å². The summed E-state index contributed by atoms with van der Waals surface area (Å²) in [6, 6.07) is 22.9. The van der Waals surface area contributed by atoms with E-state index in [0.29, 0.717) is 17.1 Å². The smallest absolute Gasteiger partial charge is 0.266 e. The molecule has 3 rings (SSSR count). The van der Waals surface area contributed by atoms with Crippen LogP contribution in [0.1, 0.15) is 22.3 Å². The molecule has 0 aliphatic rings. The van der Waals surface area contributed by atoms with Crippen molar-refractivity contribution in [3.63, 3.8) is 0 Å². The van der Waals surface area contributed by atoms with Gasteiger partial charge in [-0.05, 0) is 66.4 Å². The van der Waals surface area contributed by atoms with Crippen molar-refractivity contribution in [1.82, 2.24) is 0 Å². The number of benzene rings is 3. The second kappa shape index (κ2) is 9.56. The van der Waals surface area contributed by atoms with Crippen molar-refractivity contribution >= 4 is 45.2 Å². The number of anilines is 1. The van der Waals surface area contributed by atoms with E-state index in [0.717, 1.165) is 26.7 Å².